The Morgan fingerprint density at radius 3 is 1.38 bits per heavy atom. The topological polar surface area (TPSA) is 93.1 Å². The smallest absolute Gasteiger partial charge is 0.305 e. The molecule has 0 saturated carbocycles. The maximum atomic E-state index is 11.5. The molecule has 0 fully saturated rings. The van der Waals surface area contributed by atoms with Gasteiger partial charge in [0.25, 0.3) is 0 Å². The normalized spacial score (nSPS) is 13.2. The first-order chi connectivity index (χ1) is 12.4. The number of esters is 2. The van der Waals surface area contributed by atoms with Crippen molar-refractivity contribution in [3.63, 3.8) is 0 Å². The number of hydrogen-bond acceptors (Lipinski definition) is 6. The Kier molecular flexibility index (Phi) is 16.5. The van der Waals surface area contributed by atoms with E-state index in [4.69, 9.17) is 19.7 Å². The van der Waals surface area contributed by atoms with Crippen molar-refractivity contribution in [3.8, 4) is 0 Å². The van der Waals surface area contributed by atoms with Gasteiger partial charge >= 0.3 is 11.9 Å². The summed E-state index contributed by atoms with van der Waals surface area (Å²) in [6.45, 7) is 4.36. The fraction of sp³-hybridized carbons (Fsp3) is 0.900. The zero-order valence-electron chi connectivity index (χ0n) is 16.6. The Balaban J connectivity index is 3.33. The molecule has 154 valence electrons. The lowest BCUT2D eigenvalue weighted by Crippen LogP contribution is -2.07. The van der Waals surface area contributed by atoms with E-state index in [-0.39, 0.29) is 24.1 Å². The van der Waals surface area contributed by atoms with Gasteiger partial charge in [0.1, 0.15) is 0 Å². The van der Waals surface area contributed by atoms with Crippen molar-refractivity contribution >= 4 is 11.9 Å². The number of ether oxygens (including phenoxy) is 2. The van der Waals surface area contributed by atoms with Gasteiger partial charge in [-0.2, -0.15) is 0 Å². The molecule has 2 atom stereocenters. The van der Waals surface area contributed by atoms with E-state index in [9.17, 15) is 9.59 Å². The van der Waals surface area contributed by atoms with Crippen LogP contribution in [0.15, 0.2) is 0 Å². The zero-order chi connectivity index (χ0) is 19.6. The lowest BCUT2D eigenvalue weighted by Gasteiger charge is -2.07. The highest BCUT2D eigenvalue weighted by Crippen LogP contribution is 2.08. The molecule has 6 heteroatoms. The van der Waals surface area contributed by atoms with Crippen LogP contribution in [0.25, 0.3) is 0 Å². The summed E-state index contributed by atoms with van der Waals surface area (Å²) in [5, 5.41) is 18.2. The van der Waals surface area contributed by atoms with Crippen LogP contribution in [0.5, 0.6) is 0 Å². The molecule has 0 rings (SSSR count). The third-order valence-electron chi connectivity index (χ3n) is 4.07. The van der Waals surface area contributed by atoms with Crippen LogP contribution in [0.4, 0.5) is 0 Å². The summed E-state index contributed by atoms with van der Waals surface area (Å²) < 4.78 is 10.3. The average Bonchev–Trinajstić information content (AvgIpc) is 2.56. The molecule has 0 aromatic rings. The molecule has 6 nitrogen and oxygen atoms in total. The molecular formula is C20H38O6. The van der Waals surface area contributed by atoms with Gasteiger partial charge in [-0.3, -0.25) is 9.59 Å². The molecule has 0 radical (unpaired) electrons. The number of rotatable bonds is 17. The molecule has 0 spiro atoms. The molecule has 0 aromatic heterocycles. The fourth-order valence-corrected chi connectivity index (χ4v) is 2.49. The van der Waals surface area contributed by atoms with Gasteiger partial charge in [-0.25, -0.2) is 0 Å². The number of unbranched alkanes of at least 4 members (excludes halogenated alkanes) is 5. The number of aliphatic hydroxyl groups is 2. The standard InChI is InChI=1S/C20H38O6/c1-17(21)11-7-9-15-25-19(23)13-5-3-4-6-14-20(24)26-16-10-8-12-18(2)22/h17-18,21-22H,3-16H2,1-2H3. The predicted octanol–water partition coefficient (Wildman–Crippen LogP) is 3.52. The van der Waals surface area contributed by atoms with Crippen LogP contribution in [-0.4, -0.2) is 47.6 Å². The van der Waals surface area contributed by atoms with Crippen LogP contribution < -0.4 is 0 Å². The van der Waals surface area contributed by atoms with Crippen LogP contribution >= 0.6 is 0 Å². The summed E-state index contributed by atoms with van der Waals surface area (Å²) in [4.78, 5) is 23.1. The summed E-state index contributed by atoms with van der Waals surface area (Å²) in [6.07, 6.45) is 8.40. The summed E-state index contributed by atoms with van der Waals surface area (Å²) in [6, 6.07) is 0. The van der Waals surface area contributed by atoms with E-state index < -0.39 is 0 Å². The van der Waals surface area contributed by atoms with Crippen LogP contribution in [0.3, 0.4) is 0 Å². The average molecular weight is 375 g/mol. The highest BCUT2D eigenvalue weighted by Gasteiger charge is 2.05. The van der Waals surface area contributed by atoms with Crippen molar-refractivity contribution in [1.82, 2.24) is 0 Å². The number of carbonyl (C=O) groups is 2. The summed E-state index contributed by atoms with van der Waals surface area (Å²) in [5.74, 6) is -0.336. The molecule has 0 aliphatic rings. The lowest BCUT2D eigenvalue weighted by molar-refractivity contribution is -0.145. The first-order valence-corrected chi connectivity index (χ1v) is 10.1. The summed E-state index contributed by atoms with van der Waals surface area (Å²) in [7, 11) is 0. The van der Waals surface area contributed by atoms with Crippen LogP contribution in [-0.2, 0) is 19.1 Å². The van der Waals surface area contributed by atoms with Gasteiger partial charge in [0, 0.05) is 12.8 Å². The van der Waals surface area contributed by atoms with E-state index in [1.807, 2.05) is 0 Å². The van der Waals surface area contributed by atoms with Gasteiger partial charge in [0.15, 0.2) is 0 Å². The van der Waals surface area contributed by atoms with Gasteiger partial charge in [0.05, 0.1) is 25.4 Å². The second-order valence-electron chi connectivity index (χ2n) is 7.04. The van der Waals surface area contributed by atoms with E-state index in [1.165, 1.54) is 0 Å². The van der Waals surface area contributed by atoms with Crippen molar-refractivity contribution in [2.75, 3.05) is 13.2 Å². The van der Waals surface area contributed by atoms with Crippen molar-refractivity contribution in [2.45, 2.75) is 103 Å². The summed E-state index contributed by atoms with van der Waals surface area (Å²) >= 11 is 0. The summed E-state index contributed by atoms with van der Waals surface area (Å²) in [5.41, 5.74) is 0. The number of hydrogen-bond donors (Lipinski definition) is 2. The van der Waals surface area contributed by atoms with E-state index >= 15 is 0 Å². The molecule has 26 heavy (non-hydrogen) atoms. The molecule has 0 aromatic carbocycles. The molecule has 0 heterocycles. The third-order valence-corrected chi connectivity index (χ3v) is 4.07. The molecule has 2 unspecified atom stereocenters. The molecule has 0 saturated heterocycles. The van der Waals surface area contributed by atoms with Gasteiger partial charge in [-0.15, -0.1) is 0 Å². The van der Waals surface area contributed by atoms with Crippen molar-refractivity contribution in [1.29, 1.82) is 0 Å². The Morgan fingerprint density at radius 1 is 0.654 bits per heavy atom. The van der Waals surface area contributed by atoms with E-state index in [1.54, 1.807) is 13.8 Å². The van der Waals surface area contributed by atoms with Crippen molar-refractivity contribution in [2.24, 2.45) is 0 Å². The van der Waals surface area contributed by atoms with E-state index in [0.29, 0.717) is 26.1 Å². The monoisotopic (exact) mass is 374 g/mol. The SMILES string of the molecule is CC(O)CCCCOC(=O)CCCCCCC(=O)OCCCCC(C)O. The Morgan fingerprint density at radius 2 is 1.04 bits per heavy atom. The molecular weight excluding hydrogens is 336 g/mol. The Bertz CT molecular complexity index is 320. The van der Waals surface area contributed by atoms with Crippen molar-refractivity contribution < 1.29 is 29.3 Å². The highest BCUT2D eigenvalue weighted by molar-refractivity contribution is 5.69. The highest BCUT2D eigenvalue weighted by atomic mass is 16.5. The molecule has 0 bridgehead atoms. The van der Waals surface area contributed by atoms with E-state index in [0.717, 1.165) is 64.2 Å². The van der Waals surface area contributed by atoms with Crippen LogP contribution in [0.1, 0.15) is 90.9 Å². The van der Waals surface area contributed by atoms with Gasteiger partial charge in [-0.05, 0) is 65.2 Å². The largest absolute Gasteiger partial charge is 0.466 e. The molecule has 2 N–H and O–H groups in total. The first kappa shape index (κ1) is 24.9. The fourth-order valence-electron chi connectivity index (χ4n) is 2.49. The maximum Gasteiger partial charge on any atom is 0.305 e. The van der Waals surface area contributed by atoms with E-state index in [2.05, 4.69) is 0 Å². The second-order valence-corrected chi connectivity index (χ2v) is 7.04. The van der Waals surface area contributed by atoms with Crippen LogP contribution in [0, 0.1) is 0 Å². The van der Waals surface area contributed by atoms with Gasteiger partial charge < -0.3 is 19.7 Å². The predicted molar refractivity (Wildman–Crippen MR) is 101 cm³/mol. The number of carbonyl (C=O) groups excluding carboxylic acids is 2. The minimum absolute atomic E-state index is 0.168. The molecule has 0 aliphatic heterocycles. The molecule has 0 aliphatic carbocycles. The molecule has 0 amide bonds. The van der Waals surface area contributed by atoms with Gasteiger partial charge in [0.2, 0.25) is 0 Å². The maximum absolute atomic E-state index is 11.5. The van der Waals surface area contributed by atoms with Crippen LogP contribution in [0.2, 0.25) is 0 Å². The first-order valence-electron chi connectivity index (χ1n) is 10.1. The quantitative estimate of drug-likeness (QED) is 0.299. The third kappa shape index (κ3) is 19.2. The lowest BCUT2D eigenvalue weighted by atomic mass is 10.1. The Labute approximate surface area is 158 Å². The Hall–Kier alpha value is -1.14. The van der Waals surface area contributed by atoms with Crippen molar-refractivity contribution in [3.05, 3.63) is 0 Å². The zero-order valence-corrected chi connectivity index (χ0v) is 16.6. The minimum atomic E-state index is -0.293. The second kappa shape index (κ2) is 17.3. The minimum Gasteiger partial charge on any atom is -0.466 e. The van der Waals surface area contributed by atoms with Gasteiger partial charge in [-0.1, -0.05) is 12.8 Å². The number of aliphatic hydroxyl groups excluding tert-OH is 2.